The van der Waals surface area contributed by atoms with Gasteiger partial charge >= 0.3 is 12.5 Å². The number of nitrogens with one attached hydrogen (secondary N) is 3. The van der Waals surface area contributed by atoms with E-state index in [0.717, 1.165) is 19.3 Å². The van der Waals surface area contributed by atoms with Crippen LogP contribution in [0.2, 0.25) is 0 Å². The molecule has 4 aliphatic rings. The van der Waals surface area contributed by atoms with Crippen LogP contribution in [0, 0.1) is 12.8 Å². The summed E-state index contributed by atoms with van der Waals surface area (Å²) in [6.45, 7) is 0.837. The zero-order valence-corrected chi connectivity index (χ0v) is 19.5. The number of carbonyl (C=O) groups is 1. The minimum atomic E-state index is -4.78. The summed E-state index contributed by atoms with van der Waals surface area (Å²) in [5.74, 6) is 1.23. The summed E-state index contributed by atoms with van der Waals surface area (Å²) in [7, 11) is 0. The van der Waals surface area contributed by atoms with Crippen LogP contribution in [0.5, 0.6) is 0 Å². The van der Waals surface area contributed by atoms with Crippen LogP contribution in [-0.4, -0.2) is 61.7 Å². The quantitative estimate of drug-likeness (QED) is 0.400. The number of amides is 1. The van der Waals surface area contributed by atoms with Gasteiger partial charge in [-0.15, -0.1) is 13.2 Å². The second kappa shape index (κ2) is 8.55. The highest BCUT2D eigenvalue weighted by Gasteiger charge is 2.58. The van der Waals surface area contributed by atoms with E-state index in [2.05, 4.69) is 35.7 Å². The van der Waals surface area contributed by atoms with Gasteiger partial charge in [-0.1, -0.05) is 0 Å². The third-order valence-electron chi connectivity index (χ3n) is 6.91. The Morgan fingerprint density at radius 3 is 2.81 bits per heavy atom. The maximum absolute atomic E-state index is 15.1. The molecule has 1 aliphatic heterocycles. The Labute approximate surface area is 206 Å². The fourth-order valence-corrected chi connectivity index (χ4v) is 5.10. The van der Waals surface area contributed by atoms with Gasteiger partial charge in [-0.05, 0) is 38.2 Å². The minimum absolute atomic E-state index is 0.0548. The number of hydrogen-bond donors (Lipinski definition) is 3. The molecule has 2 bridgehead atoms. The summed E-state index contributed by atoms with van der Waals surface area (Å²) in [6, 6.07) is 2.93. The number of aromatic amines is 1. The van der Waals surface area contributed by atoms with Gasteiger partial charge in [0.2, 0.25) is 0 Å². The molecule has 1 saturated heterocycles. The van der Waals surface area contributed by atoms with Crippen molar-refractivity contribution in [1.82, 2.24) is 30.1 Å². The minimum Gasteiger partial charge on any atom is -0.441 e. The lowest BCUT2D eigenvalue weighted by Gasteiger charge is -2.61. The third-order valence-corrected chi connectivity index (χ3v) is 6.91. The summed E-state index contributed by atoms with van der Waals surface area (Å²) in [4.78, 5) is 16.6. The lowest BCUT2D eigenvalue weighted by Crippen LogP contribution is -2.68. The molecule has 1 amide bonds. The molecule has 3 N–H and O–H groups in total. The number of alkyl halides is 4. The maximum Gasteiger partial charge on any atom is 0.522 e. The van der Waals surface area contributed by atoms with Gasteiger partial charge in [0.15, 0.2) is 23.9 Å². The Hall–Kier alpha value is -3.46. The molecule has 3 aliphatic carbocycles. The highest BCUT2D eigenvalue weighted by atomic mass is 19.4. The number of carbonyl (C=O) groups excluding carboxylic acids is 1. The fourth-order valence-electron chi connectivity index (χ4n) is 5.10. The molecule has 0 spiro atoms. The molecule has 37 heavy (non-hydrogen) atoms. The summed E-state index contributed by atoms with van der Waals surface area (Å²) >= 11 is 0. The van der Waals surface area contributed by atoms with Crippen molar-refractivity contribution < 1.29 is 36.6 Å². The molecule has 15 heteroatoms. The van der Waals surface area contributed by atoms with Crippen LogP contribution in [0.25, 0.3) is 5.52 Å². The fraction of sp³-hybridized carbons (Fsp3) is 0.545. The average Bonchev–Trinajstić information content (AvgIpc) is 3.47. The normalized spacial score (nSPS) is 28.6. The van der Waals surface area contributed by atoms with Crippen molar-refractivity contribution in [3.63, 3.8) is 0 Å². The van der Waals surface area contributed by atoms with E-state index >= 15 is 4.39 Å². The van der Waals surface area contributed by atoms with Gasteiger partial charge in [0.1, 0.15) is 18.2 Å². The number of H-pyrrole nitrogens is 1. The molecule has 0 aromatic carbocycles. The van der Waals surface area contributed by atoms with E-state index in [1.807, 2.05) is 0 Å². The van der Waals surface area contributed by atoms with E-state index in [4.69, 9.17) is 9.47 Å². The van der Waals surface area contributed by atoms with Gasteiger partial charge in [-0.3, -0.25) is 9.84 Å². The zero-order valence-electron chi connectivity index (χ0n) is 19.5. The van der Waals surface area contributed by atoms with Crippen LogP contribution in [0.3, 0.4) is 0 Å². The Balaban J connectivity index is 1.11. The SMILES string of the molecule is Cc1cn2nc(COC(F)(F)F)cc2c(Nc2cc([C@@H]3OC[C@H](OC(=O)NC45CC(C4)C5)[C@@H]3F)[nH]n2)n1. The molecule has 7 rings (SSSR count). The van der Waals surface area contributed by atoms with Crippen molar-refractivity contribution in [2.45, 2.75) is 63.1 Å². The molecular weight excluding hydrogens is 502 g/mol. The van der Waals surface area contributed by atoms with Crippen LogP contribution in [-0.2, 0) is 20.8 Å². The van der Waals surface area contributed by atoms with Gasteiger partial charge < -0.3 is 20.1 Å². The smallest absolute Gasteiger partial charge is 0.441 e. The molecule has 11 nitrogen and oxygen atoms in total. The maximum atomic E-state index is 15.1. The summed E-state index contributed by atoms with van der Waals surface area (Å²) < 4.78 is 68.3. The molecule has 4 heterocycles. The predicted molar refractivity (Wildman–Crippen MR) is 118 cm³/mol. The molecule has 198 valence electrons. The summed E-state index contributed by atoms with van der Waals surface area (Å²) in [5, 5.41) is 16.7. The number of alkyl carbamates (subject to hydrolysis) is 1. The lowest BCUT2D eigenvalue weighted by molar-refractivity contribution is -0.330. The van der Waals surface area contributed by atoms with Gasteiger partial charge in [0.05, 0.1) is 29.9 Å². The van der Waals surface area contributed by atoms with Crippen molar-refractivity contribution in [3.8, 4) is 0 Å². The monoisotopic (exact) mass is 525 g/mol. The highest BCUT2D eigenvalue weighted by Crippen LogP contribution is 2.57. The van der Waals surface area contributed by atoms with Gasteiger partial charge in [0.25, 0.3) is 0 Å². The zero-order chi connectivity index (χ0) is 25.9. The van der Waals surface area contributed by atoms with Crippen LogP contribution in [0.1, 0.15) is 42.4 Å². The number of ether oxygens (including phenoxy) is 3. The third kappa shape index (κ3) is 4.68. The second-order valence-electron chi connectivity index (χ2n) is 9.79. The average molecular weight is 525 g/mol. The number of nitrogens with zero attached hydrogens (tertiary/aromatic N) is 4. The van der Waals surface area contributed by atoms with E-state index in [1.165, 1.54) is 16.6 Å². The molecule has 3 saturated carbocycles. The number of anilines is 2. The number of rotatable bonds is 7. The number of halogens is 4. The second-order valence-corrected chi connectivity index (χ2v) is 9.79. The van der Waals surface area contributed by atoms with E-state index in [-0.39, 0.29) is 29.5 Å². The van der Waals surface area contributed by atoms with Gasteiger partial charge in [-0.2, -0.15) is 10.2 Å². The number of aryl methyl sites for hydroxylation is 1. The standard InChI is InChI=1S/C22H23F4N7O4/c1-10-7-33-14(2-12(32-33)8-36-22(24,25)26)19(27-10)28-16-3-13(30-31-16)18-17(23)15(9-35-18)37-20(34)29-21-4-11(5-21)6-21/h2-3,7,11,15,17-18H,4-6,8-9H2,1H3,(H,29,34)(H2,27,28,30,31)/t11?,15-,17-,18-,21?/m0/s1. The number of fused-ring (bicyclic) bond motifs is 1. The van der Waals surface area contributed by atoms with Crippen molar-refractivity contribution in [2.75, 3.05) is 11.9 Å². The Morgan fingerprint density at radius 2 is 2.11 bits per heavy atom. The van der Waals surface area contributed by atoms with Crippen molar-refractivity contribution >= 4 is 23.2 Å². The topological polar surface area (TPSA) is 128 Å². The molecule has 3 atom stereocenters. The molecule has 4 fully saturated rings. The first kappa shape index (κ1) is 23.9. The lowest BCUT2D eigenvalue weighted by atomic mass is 9.50. The number of aromatic nitrogens is 5. The van der Waals surface area contributed by atoms with Crippen LogP contribution < -0.4 is 10.6 Å². The van der Waals surface area contributed by atoms with Crippen LogP contribution in [0.15, 0.2) is 18.3 Å². The van der Waals surface area contributed by atoms with Crippen molar-refractivity contribution in [2.24, 2.45) is 5.92 Å². The molecular formula is C22H23F4N7O4. The first-order valence-electron chi connectivity index (χ1n) is 11.7. The number of hydrogen-bond acceptors (Lipinski definition) is 8. The summed E-state index contributed by atoms with van der Waals surface area (Å²) in [6.07, 6.45) is -4.73. The van der Waals surface area contributed by atoms with E-state index in [1.54, 1.807) is 13.1 Å². The molecule has 0 unspecified atom stereocenters. The van der Waals surface area contributed by atoms with Crippen LogP contribution in [0.4, 0.5) is 34.0 Å². The van der Waals surface area contributed by atoms with Gasteiger partial charge in [-0.25, -0.2) is 18.7 Å². The molecule has 0 radical (unpaired) electrons. The summed E-state index contributed by atoms with van der Waals surface area (Å²) in [5.41, 5.74) is 1.13. The van der Waals surface area contributed by atoms with E-state index in [9.17, 15) is 18.0 Å². The van der Waals surface area contributed by atoms with Crippen molar-refractivity contribution in [1.29, 1.82) is 0 Å². The highest BCUT2D eigenvalue weighted by molar-refractivity contribution is 5.72. The largest absolute Gasteiger partial charge is 0.522 e. The molecule has 3 aromatic rings. The first-order chi connectivity index (χ1) is 17.6. The Bertz CT molecular complexity index is 1330. The Kier molecular flexibility index (Phi) is 5.52. The van der Waals surface area contributed by atoms with Gasteiger partial charge in [0, 0.05) is 11.6 Å². The first-order valence-corrected chi connectivity index (χ1v) is 11.7. The van der Waals surface area contributed by atoms with E-state index < -0.39 is 37.4 Å². The van der Waals surface area contributed by atoms with Crippen molar-refractivity contribution in [3.05, 3.63) is 35.4 Å². The Morgan fingerprint density at radius 1 is 1.32 bits per heavy atom. The predicted octanol–water partition coefficient (Wildman–Crippen LogP) is 3.60. The molecule has 3 aromatic heterocycles. The van der Waals surface area contributed by atoms with E-state index in [0.29, 0.717) is 22.8 Å². The van der Waals surface area contributed by atoms with Crippen LogP contribution >= 0.6 is 0 Å².